The van der Waals surface area contributed by atoms with Crippen molar-refractivity contribution in [3.63, 3.8) is 0 Å². The smallest absolute Gasteiger partial charge is 0.278 e. The molecule has 0 fully saturated rings. The molecular formula is C19H15N3O3S. The molecule has 7 heteroatoms. The third-order valence-electron chi connectivity index (χ3n) is 4.36. The van der Waals surface area contributed by atoms with E-state index >= 15 is 0 Å². The maximum atomic E-state index is 12.5. The molecule has 1 aromatic carbocycles. The summed E-state index contributed by atoms with van der Waals surface area (Å²) < 4.78 is 10.5. The van der Waals surface area contributed by atoms with Crippen LogP contribution in [0.5, 0.6) is 5.75 Å². The Morgan fingerprint density at radius 2 is 2.27 bits per heavy atom. The monoisotopic (exact) mass is 365 g/mol. The molecule has 0 unspecified atom stereocenters. The van der Waals surface area contributed by atoms with Crippen molar-refractivity contribution in [3.05, 3.63) is 52.0 Å². The summed E-state index contributed by atoms with van der Waals surface area (Å²) >= 11 is 1.47. The number of carbonyl (C=O) groups is 1. The number of nitrogens with one attached hydrogen (secondary N) is 1. The highest BCUT2D eigenvalue weighted by Gasteiger charge is 2.24. The van der Waals surface area contributed by atoms with Gasteiger partial charge in [0.05, 0.1) is 12.7 Å². The van der Waals surface area contributed by atoms with Gasteiger partial charge in [0, 0.05) is 16.5 Å². The molecule has 1 N–H and O–H groups in total. The van der Waals surface area contributed by atoms with E-state index in [-0.39, 0.29) is 11.6 Å². The van der Waals surface area contributed by atoms with Gasteiger partial charge in [0.25, 0.3) is 5.91 Å². The Kier molecular flexibility index (Phi) is 4.19. The lowest BCUT2D eigenvalue weighted by molar-refractivity contribution is 0.101. The first-order chi connectivity index (χ1) is 12.7. The molecule has 1 amide bonds. The van der Waals surface area contributed by atoms with Crippen molar-refractivity contribution in [2.24, 2.45) is 0 Å². The van der Waals surface area contributed by atoms with Crippen molar-refractivity contribution in [2.75, 3.05) is 12.4 Å². The number of fused-ring (bicyclic) bond motifs is 1. The first-order valence-corrected chi connectivity index (χ1v) is 8.98. The van der Waals surface area contributed by atoms with Crippen LogP contribution in [0.1, 0.15) is 32.9 Å². The molecule has 6 nitrogen and oxygen atoms in total. The Morgan fingerprint density at radius 1 is 1.38 bits per heavy atom. The molecule has 0 spiro atoms. The molecule has 0 bridgehead atoms. The Hall–Kier alpha value is -3.11. The van der Waals surface area contributed by atoms with Gasteiger partial charge in [0.1, 0.15) is 16.8 Å². The molecule has 2 heterocycles. The average Bonchev–Trinajstić information content (AvgIpc) is 3.37. The number of aryl methyl sites for hydroxylation is 1. The zero-order valence-electron chi connectivity index (χ0n) is 14.0. The van der Waals surface area contributed by atoms with Crippen LogP contribution in [0.25, 0.3) is 11.3 Å². The van der Waals surface area contributed by atoms with E-state index < -0.39 is 0 Å². The van der Waals surface area contributed by atoms with Gasteiger partial charge >= 0.3 is 0 Å². The lowest BCUT2D eigenvalue weighted by atomic mass is 10.1. The third-order valence-corrected chi connectivity index (χ3v) is 5.56. The second-order valence-electron chi connectivity index (χ2n) is 5.94. The van der Waals surface area contributed by atoms with Crippen molar-refractivity contribution in [1.29, 1.82) is 5.26 Å². The van der Waals surface area contributed by atoms with E-state index in [2.05, 4.69) is 16.5 Å². The van der Waals surface area contributed by atoms with Gasteiger partial charge in [-0.3, -0.25) is 4.79 Å². The second-order valence-corrected chi connectivity index (χ2v) is 7.04. The van der Waals surface area contributed by atoms with E-state index in [0.29, 0.717) is 22.1 Å². The number of anilines is 1. The van der Waals surface area contributed by atoms with Crippen LogP contribution in [0.2, 0.25) is 0 Å². The Morgan fingerprint density at radius 3 is 3.08 bits per heavy atom. The van der Waals surface area contributed by atoms with E-state index in [1.165, 1.54) is 16.2 Å². The number of rotatable bonds is 4. The fraction of sp³-hybridized carbons (Fsp3) is 0.211. The van der Waals surface area contributed by atoms with Crippen molar-refractivity contribution in [1.82, 2.24) is 5.16 Å². The minimum absolute atomic E-state index is 0.167. The van der Waals surface area contributed by atoms with Crippen molar-refractivity contribution < 1.29 is 14.1 Å². The quantitative estimate of drug-likeness (QED) is 0.754. The zero-order valence-corrected chi connectivity index (χ0v) is 14.9. The maximum absolute atomic E-state index is 12.5. The van der Waals surface area contributed by atoms with Gasteiger partial charge in [-0.25, -0.2) is 0 Å². The topological polar surface area (TPSA) is 88.1 Å². The zero-order chi connectivity index (χ0) is 18.1. The standard InChI is InChI=1S/C19H15N3O3S/c1-24-12-5-2-4-11(8-12)16-9-15(22-25-16)18(23)21-19-14(10-20)13-6-3-7-17(13)26-19/h2,4-5,8-9H,3,6-7H2,1H3,(H,21,23). The summed E-state index contributed by atoms with van der Waals surface area (Å²) in [5, 5.41) is 16.7. The molecule has 0 aliphatic heterocycles. The summed E-state index contributed by atoms with van der Waals surface area (Å²) in [6, 6.07) is 11.1. The number of methoxy groups -OCH3 is 1. The number of amides is 1. The molecule has 0 atom stereocenters. The van der Waals surface area contributed by atoms with Crippen LogP contribution in [0, 0.1) is 11.3 Å². The van der Waals surface area contributed by atoms with E-state index in [0.717, 1.165) is 30.4 Å². The summed E-state index contributed by atoms with van der Waals surface area (Å²) in [4.78, 5) is 13.7. The van der Waals surface area contributed by atoms with Crippen LogP contribution in [-0.2, 0) is 12.8 Å². The largest absolute Gasteiger partial charge is 0.497 e. The molecule has 1 aliphatic carbocycles. The van der Waals surface area contributed by atoms with Gasteiger partial charge < -0.3 is 14.6 Å². The second kappa shape index (κ2) is 6.65. The highest BCUT2D eigenvalue weighted by atomic mass is 32.1. The lowest BCUT2D eigenvalue weighted by Crippen LogP contribution is -2.12. The SMILES string of the molecule is COc1cccc(-c2cc(C(=O)Nc3sc4c(c3C#N)CCC4)no2)c1. The average molecular weight is 365 g/mol. The van der Waals surface area contributed by atoms with E-state index in [9.17, 15) is 10.1 Å². The van der Waals surface area contributed by atoms with Gasteiger partial charge in [-0.2, -0.15) is 5.26 Å². The van der Waals surface area contributed by atoms with Gasteiger partial charge in [-0.15, -0.1) is 11.3 Å². The first kappa shape index (κ1) is 16.4. The summed E-state index contributed by atoms with van der Waals surface area (Å²) in [5.74, 6) is 0.777. The summed E-state index contributed by atoms with van der Waals surface area (Å²) in [6.07, 6.45) is 2.93. The Bertz CT molecular complexity index is 1030. The molecule has 26 heavy (non-hydrogen) atoms. The Labute approximate surface area is 154 Å². The molecule has 1 aliphatic rings. The first-order valence-electron chi connectivity index (χ1n) is 8.16. The molecule has 4 rings (SSSR count). The summed E-state index contributed by atoms with van der Waals surface area (Å²) in [6.45, 7) is 0. The highest BCUT2D eigenvalue weighted by Crippen LogP contribution is 2.38. The van der Waals surface area contributed by atoms with Crippen molar-refractivity contribution >= 4 is 22.2 Å². The third kappa shape index (κ3) is 2.85. The number of nitrogens with zero attached hydrogens (tertiary/aromatic N) is 2. The minimum atomic E-state index is -0.390. The van der Waals surface area contributed by atoms with Crippen LogP contribution in [0.4, 0.5) is 5.00 Å². The predicted octanol–water partition coefficient (Wildman–Crippen LogP) is 4.02. The van der Waals surface area contributed by atoms with E-state index in [1.54, 1.807) is 19.2 Å². The van der Waals surface area contributed by atoms with Crippen LogP contribution in [0.15, 0.2) is 34.9 Å². The number of hydrogen-bond acceptors (Lipinski definition) is 6. The summed E-state index contributed by atoms with van der Waals surface area (Å²) in [7, 11) is 1.59. The lowest BCUT2D eigenvalue weighted by Gasteiger charge is -2.01. The molecule has 3 aromatic rings. The molecule has 0 saturated carbocycles. The van der Waals surface area contributed by atoms with Gasteiger partial charge in [-0.1, -0.05) is 17.3 Å². The van der Waals surface area contributed by atoms with Crippen LogP contribution >= 0.6 is 11.3 Å². The predicted molar refractivity (Wildman–Crippen MR) is 97.5 cm³/mol. The summed E-state index contributed by atoms with van der Waals surface area (Å²) in [5.41, 5.74) is 2.58. The molecule has 0 saturated heterocycles. The highest BCUT2D eigenvalue weighted by molar-refractivity contribution is 7.16. The molecule has 130 valence electrons. The maximum Gasteiger partial charge on any atom is 0.278 e. The number of thiophene rings is 1. The van der Waals surface area contributed by atoms with Gasteiger partial charge in [0.2, 0.25) is 0 Å². The number of nitriles is 1. The normalized spacial score (nSPS) is 12.5. The van der Waals surface area contributed by atoms with Crippen molar-refractivity contribution in [3.8, 4) is 23.1 Å². The van der Waals surface area contributed by atoms with Crippen LogP contribution < -0.4 is 10.1 Å². The molecule has 2 aromatic heterocycles. The fourth-order valence-electron chi connectivity index (χ4n) is 3.07. The molecular weight excluding hydrogens is 350 g/mol. The molecule has 0 radical (unpaired) electrons. The van der Waals surface area contributed by atoms with E-state index in [4.69, 9.17) is 9.26 Å². The number of hydrogen-bond donors (Lipinski definition) is 1. The number of ether oxygens (including phenoxy) is 1. The number of benzene rings is 1. The van der Waals surface area contributed by atoms with Crippen LogP contribution in [0.3, 0.4) is 0 Å². The minimum Gasteiger partial charge on any atom is -0.497 e. The number of carbonyl (C=O) groups excluding carboxylic acids is 1. The number of aromatic nitrogens is 1. The van der Waals surface area contributed by atoms with Crippen molar-refractivity contribution in [2.45, 2.75) is 19.3 Å². The Balaban J connectivity index is 1.57. The van der Waals surface area contributed by atoms with Gasteiger partial charge in [0.15, 0.2) is 11.5 Å². The fourth-order valence-corrected chi connectivity index (χ4v) is 4.31. The van der Waals surface area contributed by atoms with E-state index in [1.807, 2.05) is 18.2 Å². The van der Waals surface area contributed by atoms with Crippen LogP contribution in [-0.4, -0.2) is 18.2 Å². The van der Waals surface area contributed by atoms with Gasteiger partial charge in [-0.05, 0) is 37.0 Å².